The van der Waals surface area contributed by atoms with Crippen molar-refractivity contribution in [2.45, 2.75) is 12.7 Å². The standard InChI is InChI=1S/C13H16FNO5/c1-15-13(17)20-12-10-7(5-14)3-4-8(10)9(6-19-12)11(16)18-2/h3,6,8,10,12H,4-5H2,1-2H3,(H,15,17). The second kappa shape index (κ2) is 5.94. The second-order valence-electron chi connectivity index (χ2n) is 4.51. The predicted octanol–water partition coefficient (Wildman–Crippen LogP) is 1.29. The van der Waals surface area contributed by atoms with Crippen molar-refractivity contribution in [2.75, 3.05) is 20.8 Å². The van der Waals surface area contributed by atoms with Crippen LogP contribution in [0.3, 0.4) is 0 Å². The number of fused-ring (bicyclic) bond motifs is 1. The molecule has 2 rings (SSSR count). The number of esters is 1. The van der Waals surface area contributed by atoms with Crippen molar-refractivity contribution in [3.8, 4) is 0 Å². The van der Waals surface area contributed by atoms with Gasteiger partial charge in [0.1, 0.15) is 6.67 Å². The van der Waals surface area contributed by atoms with E-state index < -0.39 is 30.9 Å². The minimum Gasteiger partial charge on any atom is -0.466 e. The molecule has 20 heavy (non-hydrogen) atoms. The molecule has 0 saturated heterocycles. The van der Waals surface area contributed by atoms with E-state index >= 15 is 0 Å². The maximum atomic E-state index is 13.1. The van der Waals surface area contributed by atoms with E-state index in [0.717, 1.165) is 0 Å². The fourth-order valence-corrected chi connectivity index (χ4v) is 2.54. The third-order valence-corrected chi connectivity index (χ3v) is 3.52. The van der Waals surface area contributed by atoms with Crippen molar-refractivity contribution < 1.29 is 28.2 Å². The molecule has 0 aromatic heterocycles. The highest BCUT2D eigenvalue weighted by Crippen LogP contribution is 2.43. The van der Waals surface area contributed by atoms with Crippen LogP contribution < -0.4 is 5.32 Å². The lowest BCUT2D eigenvalue weighted by Crippen LogP contribution is -2.40. The van der Waals surface area contributed by atoms with Gasteiger partial charge in [0, 0.05) is 13.0 Å². The Morgan fingerprint density at radius 1 is 1.55 bits per heavy atom. The molecule has 3 unspecified atom stereocenters. The predicted molar refractivity (Wildman–Crippen MR) is 66.2 cm³/mol. The van der Waals surface area contributed by atoms with Crippen molar-refractivity contribution in [3.05, 3.63) is 23.5 Å². The van der Waals surface area contributed by atoms with E-state index in [-0.39, 0.29) is 5.92 Å². The smallest absolute Gasteiger partial charge is 0.409 e. The van der Waals surface area contributed by atoms with Gasteiger partial charge in [-0.25, -0.2) is 14.0 Å². The Morgan fingerprint density at radius 2 is 2.30 bits per heavy atom. The van der Waals surface area contributed by atoms with Crippen molar-refractivity contribution in [1.29, 1.82) is 0 Å². The molecular weight excluding hydrogens is 269 g/mol. The van der Waals surface area contributed by atoms with Crippen LogP contribution in [0.25, 0.3) is 0 Å². The van der Waals surface area contributed by atoms with Crippen LogP contribution >= 0.6 is 0 Å². The number of carbonyl (C=O) groups is 2. The monoisotopic (exact) mass is 285 g/mol. The van der Waals surface area contributed by atoms with Crippen molar-refractivity contribution >= 4 is 12.1 Å². The van der Waals surface area contributed by atoms with Gasteiger partial charge in [0.15, 0.2) is 0 Å². The number of nitrogens with one attached hydrogen (secondary N) is 1. The van der Waals surface area contributed by atoms with Crippen LogP contribution in [0.4, 0.5) is 9.18 Å². The number of rotatable bonds is 3. The number of carbonyl (C=O) groups excluding carboxylic acids is 2. The highest BCUT2D eigenvalue weighted by Gasteiger charge is 2.45. The first-order valence-corrected chi connectivity index (χ1v) is 6.19. The van der Waals surface area contributed by atoms with Gasteiger partial charge < -0.3 is 19.5 Å². The summed E-state index contributed by atoms with van der Waals surface area (Å²) in [5.74, 6) is -1.32. The zero-order chi connectivity index (χ0) is 14.7. The molecular formula is C13H16FNO5. The maximum Gasteiger partial charge on any atom is 0.409 e. The van der Waals surface area contributed by atoms with Gasteiger partial charge in [0.05, 0.1) is 24.9 Å². The van der Waals surface area contributed by atoms with E-state index in [1.807, 2.05) is 0 Å². The largest absolute Gasteiger partial charge is 0.466 e. The van der Waals surface area contributed by atoms with E-state index in [9.17, 15) is 14.0 Å². The number of methoxy groups -OCH3 is 1. The zero-order valence-electron chi connectivity index (χ0n) is 11.2. The molecule has 7 heteroatoms. The van der Waals surface area contributed by atoms with Crippen molar-refractivity contribution in [2.24, 2.45) is 11.8 Å². The van der Waals surface area contributed by atoms with Crippen LogP contribution in [0.15, 0.2) is 23.5 Å². The number of allylic oxidation sites excluding steroid dienone is 1. The summed E-state index contributed by atoms with van der Waals surface area (Å²) in [6.45, 7) is -0.674. The van der Waals surface area contributed by atoms with Gasteiger partial charge in [0.25, 0.3) is 6.29 Å². The van der Waals surface area contributed by atoms with Gasteiger partial charge in [-0.05, 0) is 12.0 Å². The Labute approximate surface area is 115 Å². The summed E-state index contributed by atoms with van der Waals surface area (Å²) >= 11 is 0. The first kappa shape index (κ1) is 14.4. The summed E-state index contributed by atoms with van der Waals surface area (Å²) in [5, 5.41) is 2.30. The molecule has 1 aliphatic heterocycles. The number of alkyl halides is 1. The molecule has 1 heterocycles. The number of ether oxygens (including phenoxy) is 3. The molecule has 1 amide bonds. The second-order valence-corrected chi connectivity index (χ2v) is 4.51. The number of amides is 1. The Balaban J connectivity index is 2.24. The normalized spacial score (nSPS) is 27.6. The topological polar surface area (TPSA) is 73.9 Å². The molecule has 0 aromatic carbocycles. The molecule has 0 saturated carbocycles. The van der Waals surface area contributed by atoms with Gasteiger partial charge >= 0.3 is 12.1 Å². The van der Waals surface area contributed by atoms with Gasteiger partial charge in [-0.1, -0.05) is 6.08 Å². The molecule has 0 aromatic rings. The number of halogens is 1. The van der Waals surface area contributed by atoms with Gasteiger partial charge in [-0.2, -0.15) is 0 Å². The van der Waals surface area contributed by atoms with E-state index in [0.29, 0.717) is 17.6 Å². The first-order chi connectivity index (χ1) is 9.62. The Morgan fingerprint density at radius 3 is 2.90 bits per heavy atom. The molecule has 0 spiro atoms. The summed E-state index contributed by atoms with van der Waals surface area (Å²) in [7, 11) is 2.68. The zero-order valence-corrected chi connectivity index (χ0v) is 11.2. The number of hydrogen-bond acceptors (Lipinski definition) is 5. The van der Waals surface area contributed by atoms with Crippen molar-refractivity contribution in [1.82, 2.24) is 5.32 Å². The molecule has 0 fully saturated rings. The third kappa shape index (κ3) is 2.48. The fraction of sp³-hybridized carbons (Fsp3) is 0.538. The average molecular weight is 285 g/mol. The summed E-state index contributed by atoms with van der Waals surface area (Å²) in [6, 6.07) is 0. The first-order valence-electron chi connectivity index (χ1n) is 6.19. The summed E-state index contributed by atoms with van der Waals surface area (Å²) < 4.78 is 28.1. The summed E-state index contributed by atoms with van der Waals surface area (Å²) in [6.07, 6.45) is 1.81. The number of alkyl carbamates (subject to hydrolysis) is 1. The summed E-state index contributed by atoms with van der Waals surface area (Å²) in [5.41, 5.74) is 0.798. The third-order valence-electron chi connectivity index (χ3n) is 3.52. The molecule has 2 aliphatic rings. The lowest BCUT2D eigenvalue weighted by Gasteiger charge is -2.33. The highest BCUT2D eigenvalue weighted by molar-refractivity contribution is 5.89. The van der Waals surface area contributed by atoms with Crippen LogP contribution in [0.1, 0.15) is 6.42 Å². The molecule has 3 atom stereocenters. The lowest BCUT2D eigenvalue weighted by atomic mass is 9.83. The lowest BCUT2D eigenvalue weighted by molar-refractivity contribution is -0.141. The van der Waals surface area contributed by atoms with Gasteiger partial charge in [-0.15, -0.1) is 0 Å². The molecule has 0 radical (unpaired) electrons. The fourth-order valence-electron chi connectivity index (χ4n) is 2.54. The summed E-state index contributed by atoms with van der Waals surface area (Å²) in [4.78, 5) is 23.0. The van der Waals surface area contributed by atoms with Crippen LogP contribution in [0.5, 0.6) is 0 Å². The van der Waals surface area contributed by atoms with E-state index in [1.54, 1.807) is 6.08 Å². The molecule has 110 valence electrons. The quantitative estimate of drug-likeness (QED) is 0.624. The van der Waals surface area contributed by atoms with Gasteiger partial charge in [0.2, 0.25) is 0 Å². The molecule has 1 N–H and O–H groups in total. The minimum atomic E-state index is -0.946. The number of hydrogen-bond donors (Lipinski definition) is 1. The van der Waals surface area contributed by atoms with Crippen molar-refractivity contribution in [3.63, 3.8) is 0 Å². The minimum absolute atomic E-state index is 0.295. The van der Waals surface area contributed by atoms with Crippen LogP contribution in [0.2, 0.25) is 0 Å². The van der Waals surface area contributed by atoms with Crippen LogP contribution in [0, 0.1) is 11.8 Å². The van der Waals surface area contributed by atoms with E-state index in [4.69, 9.17) is 9.47 Å². The van der Waals surface area contributed by atoms with E-state index in [1.165, 1.54) is 20.4 Å². The Bertz CT molecular complexity index is 473. The Hall–Kier alpha value is -2.05. The van der Waals surface area contributed by atoms with Crippen LogP contribution in [-0.4, -0.2) is 39.2 Å². The Kier molecular flexibility index (Phi) is 4.26. The molecule has 6 nitrogen and oxygen atoms in total. The van der Waals surface area contributed by atoms with Gasteiger partial charge in [-0.3, -0.25) is 0 Å². The molecule has 0 bridgehead atoms. The highest BCUT2D eigenvalue weighted by atomic mass is 19.1. The maximum absolute atomic E-state index is 13.1. The van der Waals surface area contributed by atoms with Crippen LogP contribution in [-0.2, 0) is 19.0 Å². The van der Waals surface area contributed by atoms with E-state index in [2.05, 4.69) is 10.1 Å². The average Bonchev–Trinajstić information content (AvgIpc) is 2.91. The SMILES string of the molecule is CNC(=O)OC1OC=C(C(=O)OC)C2CC=C(CF)C12. The molecule has 1 aliphatic carbocycles.